The number of rotatable bonds is 4. The lowest BCUT2D eigenvalue weighted by Crippen LogP contribution is -2.21. The lowest BCUT2D eigenvalue weighted by molar-refractivity contribution is 0.590. The summed E-state index contributed by atoms with van der Waals surface area (Å²) in [5, 5.41) is 4.77. The van der Waals surface area contributed by atoms with Gasteiger partial charge in [-0.25, -0.2) is 0 Å². The van der Waals surface area contributed by atoms with Crippen molar-refractivity contribution in [1.29, 1.82) is 0 Å². The van der Waals surface area contributed by atoms with Crippen LogP contribution < -0.4 is 11.1 Å². The van der Waals surface area contributed by atoms with Crippen LogP contribution in [0.2, 0.25) is 0 Å². The molecule has 0 aliphatic heterocycles. The standard InChI is InChI=1S/C14H21N3/c1-10(2)16-8-12-9-17(3)14-11(7-15)5-4-6-13(12)14/h4-6,9-10,16H,7-8,15H2,1-3H3. The number of para-hydroxylation sites is 1. The average Bonchev–Trinajstić information content (AvgIpc) is 2.64. The van der Waals surface area contributed by atoms with Gasteiger partial charge < -0.3 is 15.6 Å². The zero-order chi connectivity index (χ0) is 12.4. The molecule has 0 fully saturated rings. The Hall–Kier alpha value is -1.32. The van der Waals surface area contributed by atoms with Crippen LogP contribution in [0.5, 0.6) is 0 Å². The van der Waals surface area contributed by atoms with Crippen molar-refractivity contribution in [3.63, 3.8) is 0 Å². The highest BCUT2D eigenvalue weighted by Crippen LogP contribution is 2.23. The third-order valence-corrected chi connectivity index (χ3v) is 3.09. The summed E-state index contributed by atoms with van der Waals surface area (Å²) in [6, 6.07) is 6.86. The van der Waals surface area contributed by atoms with E-state index < -0.39 is 0 Å². The van der Waals surface area contributed by atoms with E-state index in [4.69, 9.17) is 5.73 Å². The molecule has 92 valence electrons. The van der Waals surface area contributed by atoms with Crippen LogP contribution >= 0.6 is 0 Å². The molecule has 17 heavy (non-hydrogen) atoms. The van der Waals surface area contributed by atoms with Gasteiger partial charge in [0.05, 0.1) is 5.52 Å². The van der Waals surface area contributed by atoms with Crippen molar-refractivity contribution in [2.24, 2.45) is 12.8 Å². The Kier molecular flexibility index (Phi) is 3.50. The molecule has 0 spiro atoms. The number of fused-ring (bicyclic) bond motifs is 1. The summed E-state index contributed by atoms with van der Waals surface area (Å²) in [7, 11) is 2.08. The van der Waals surface area contributed by atoms with Crippen molar-refractivity contribution in [2.45, 2.75) is 33.0 Å². The lowest BCUT2D eigenvalue weighted by atomic mass is 10.1. The minimum atomic E-state index is 0.503. The smallest absolute Gasteiger partial charge is 0.0526 e. The van der Waals surface area contributed by atoms with Gasteiger partial charge in [0.1, 0.15) is 0 Å². The van der Waals surface area contributed by atoms with Crippen LogP contribution in [0.4, 0.5) is 0 Å². The molecule has 0 aliphatic rings. The molecule has 0 radical (unpaired) electrons. The van der Waals surface area contributed by atoms with Gasteiger partial charge in [-0.15, -0.1) is 0 Å². The maximum atomic E-state index is 5.79. The van der Waals surface area contributed by atoms with Crippen molar-refractivity contribution < 1.29 is 0 Å². The van der Waals surface area contributed by atoms with Gasteiger partial charge in [-0.2, -0.15) is 0 Å². The quantitative estimate of drug-likeness (QED) is 0.846. The predicted octanol–water partition coefficient (Wildman–Crippen LogP) is 2.13. The molecule has 0 aliphatic carbocycles. The summed E-state index contributed by atoms with van der Waals surface area (Å²) in [4.78, 5) is 0. The second-order valence-corrected chi connectivity index (χ2v) is 4.82. The SMILES string of the molecule is CC(C)NCc1cn(C)c2c(CN)cccc12. The number of aryl methyl sites for hydroxylation is 1. The number of hydrogen-bond acceptors (Lipinski definition) is 2. The normalized spacial score (nSPS) is 11.6. The fraction of sp³-hybridized carbons (Fsp3) is 0.429. The van der Waals surface area contributed by atoms with E-state index in [1.807, 2.05) is 0 Å². The van der Waals surface area contributed by atoms with E-state index in [0.717, 1.165) is 6.54 Å². The molecule has 0 amide bonds. The molecule has 0 atom stereocenters. The Morgan fingerprint density at radius 2 is 2.06 bits per heavy atom. The highest BCUT2D eigenvalue weighted by molar-refractivity contribution is 5.86. The molecule has 3 N–H and O–H groups in total. The van der Waals surface area contributed by atoms with Gasteiger partial charge in [-0.1, -0.05) is 32.0 Å². The third-order valence-electron chi connectivity index (χ3n) is 3.09. The third kappa shape index (κ3) is 2.35. The monoisotopic (exact) mass is 231 g/mol. The molecule has 0 unspecified atom stereocenters. The van der Waals surface area contributed by atoms with Crippen LogP contribution in [0.3, 0.4) is 0 Å². The molecule has 1 aromatic carbocycles. The van der Waals surface area contributed by atoms with Gasteiger partial charge in [0.15, 0.2) is 0 Å². The van der Waals surface area contributed by atoms with Gasteiger partial charge >= 0.3 is 0 Å². The van der Waals surface area contributed by atoms with E-state index in [0.29, 0.717) is 12.6 Å². The minimum Gasteiger partial charge on any atom is -0.350 e. The van der Waals surface area contributed by atoms with Crippen molar-refractivity contribution in [3.05, 3.63) is 35.5 Å². The second kappa shape index (κ2) is 4.90. The first-order valence-electron chi connectivity index (χ1n) is 6.12. The molecule has 3 heteroatoms. The summed E-state index contributed by atoms with van der Waals surface area (Å²) in [5.74, 6) is 0. The van der Waals surface area contributed by atoms with Crippen LogP contribution in [0.15, 0.2) is 24.4 Å². The number of hydrogen-bond donors (Lipinski definition) is 2. The van der Waals surface area contributed by atoms with E-state index in [1.54, 1.807) is 0 Å². The van der Waals surface area contributed by atoms with Crippen molar-refractivity contribution in [1.82, 2.24) is 9.88 Å². The van der Waals surface area contributed by atoms with Crippen molar-refractivity contribution in [3.8, 4) is 0 Å². The van der Waals surface area contributed by atoms with Gasteiger partial charge in [0.2, 0.25) is 0 Å². The van der Waals surface area contributed by atoms with Crippen LogP contribution in [0.1, 0.15) is 25.0 Å². The number of nitrogens with two attached hydrogens (primary N) is 1. The van der Waals surface area contributed by atoms with E-state index in [2.05, 4.69) is 55.2 Å². The Morgan fingerprint density at radius 1 is 1.29 bits per heavy atom. The zero-order valence-electron chi connectivity index (χ0n) is 10.8. The summed E-state index contributed by atoms with van der Waals surface area (Å²) in [6.45, 7) is 5.82. The largest absolute Gasteiger partial charge is 0.350 e. The number of nitrogens with one attached hydrogen (secondary N) is 1. The number of aromatic nitrogens is 1. The van der Waals surface area contributed by atoms with Gasteiger partial charge in [0.25, 0.3) is 0 Å². The Morgan fingerprint density at radius 3 is 2.71 bits per heavy atom. The molecule has 1 heterocycles. The molecule has 0 saturated heterocycles. The summed E-state index contributed by atoms with van der Waals surface area (Å²) >= 11 is 0. The van der Waals surface area contributed by atoms with E-state index in [9.17, 15) is 0 Å². The Balaban J connectivity index is 2.45. The van der Waals surface area contributed by atoms with Gasteiger partial charge in [-0.3, -0.25) is 0 Å². The molecular weight excluding hydrogens is 210 g/mol. The molecule has 1 aromatic heterocycles. The number of nitrogens with zero attached hydrogens (tertiary/aromatic N) is 1. The maximum absolute atomic E-state index is 5.79. The molecule has 2 aromatic rings. The fourth-order valence-electron chi connectivity index (χ4n) is 2.25. The lowest BCUT2D eigenvalue weighted by Gasteiger charge is -2.07. The van der Waals surface area contributed by atoms with Crippen molar-refractivity contribution in [2.75, 3.05) is 0 Å². The summed E-state index contributed by atoms with van der Waals surface area (Å²) in [6.07, 6.45) is 2.19. The minimum absolute atomic E-state index is 0.503. The Labute approximate surface area is 103 Å². The van der Waals surface area contributed by atoms with Gasteiger partial charge in [-0.05, 0) is 11.1 Å². The summed E-state index contributed by atoms with van der Waals surface area (Å²) < 4.78 is 2.18. The average molecular weight is 231 g/mol. The van der Waals surface area contributed by atoms with Crippen LogP contribution in [-0.2, 0) is 20.1 Å². The fourth-order valence-corrected chi connectivity index (χ4v) is 2.25. The topological polar surface area (TPSA) is 43.0 Å². The number of benzene rings is 1. The molecule has 0 saturated carbocycles. The van der Waals surface area contributed by atoms with E-state index in [-0.39, 0.29) is 0 Å². The zero-order valence-corrected chi connectivity index (χ0v) is 10.8. The van der Waals surface area contributed by atoms with E-state index >= 15 is 0 Å². The van der Waals surface area contributed by atoms with Crippen LogP contribution in [-0.4, -0.2) is 10.6 Å². The molecule has 3 nitrogen and oxygen atoms in total. The van der Waals surface area contributed by atoms with Crippen LogP contribution in [0.25, 0.3) is 10.9 Å². The van der Waals surface area contributed by atoms with Gasteiger partial charge in [0, 0.05) is 37.8 Å². The highest BCUT2D eigenvalue weighted by Gasteiger charge is 2.09. The first-order valence-corrected chi connectivity index (χ1v) is 6.12. The van der Waals surface area contributed by atoms with Crippen molar-refractivity contribution >= 4 is 10.9 Å². The van der Waals surface area contributed by atoms with Crippen LogP contribution in [0, 0.1) is 0 Å². The Bertz CT molecular complexity index is 511. The maximum Gasteiger partial charge on any atom is 0.0526 e. The first kappa shape index (κ1) is 12.1. The first-order chi connectivity index (χ1) is 8.13. The molecule has 2 rings (SSSR count). The predicted molar refractivity (Wildman–Crippen MR) is 72.8 cm³/mol. The second-order valence-electron chi connectivity index (χ2n) is 4.82. The van der Waals surface area contributed by atoms with E-state index in [1.165, 1.54) is 22.0 Å². The highest BCUT2D eigenvalue weighted by atomic mass is 14.9. The molecular formula is C14H21N3. The molecule has 0 bridgehead atoms. The summed E-state index contributed by atoms with van der Waals surface area (Å²) in [5.41, 5.74) is 9.60.